The maximum Gasteiger partial charge on any atom is 0.357 e. The van der Waals surface area contributed by atoms with E-state index in [1.54, 1.807) is 36.4 Å². The van der Waals surface area contributed by atoms with E-state index in [2.05, 4.69) is 34.8 Å². The first kappa shape index (κ1) is 41.4. The van der Waals surface area contributed by atoms with Crippen LogP contribution in [-0.4, -0.2) is 38.3 Å². The van der Waals surface area contributed by atoms with Gasteiger partial charge in [-0.15, -0.1) is 0 Å². The Bertz CT molecular complexity index is 2380. The van der Waals surface area contributed by atoms with Crippen LogP contribution < -0.4 is 5.01 Å². The first-order valence-corrected chi connectivity index (χ1v) is 20.7. The first-order valence-electron chi connectivity index (χ1n) is 20.7. The topological polar surface area (TPSA) is 136 Å². The number of unbranched alkanes of at least 4 members (excludes halogenated alkanes) is 13. The van der Waals surface area contributed by atoms with Crippen molar-refractivity contribution in [2.45, 2.75) is 103 Å². The number of aliphatic carboxylic acids is 2. The zero-order valence-electron chi connectivity index (χ0n) is 33.3. The van der Waals surface area contributed by atoms with E-state index >= 15 is 0 Å². The number of nitriles is 1. The molecule has 0 spiro atoms. The number of para-hydroxylation sites is 1. The smallest absolute Gasteiger partial charge is 0.357 e. The lowest BCUT2D eigenvalue weighted by molar-refractivity contribution is -0.132. The second-order valence-electron chi connectivity index (χ2n) is 15.1. The molecule has 0 bridgehead atoms. The number of hydrogen-bond donors (Lipinski definition) is 2. The number of nitrogens with zero attached hydrogens (tertiary/aromatic N) is 4. The molecule has 1 amide bonds. The Hall–Kier alpha value is -6.27. The van der Waals surface area contributed by atoms with Crippen LogP contribution in [0, 0.1) is 11.3 Å². The average molecular weight is 777 g/mol. The lowest BCUT2D eigenvalue weighted by Gasteiger charge is -2.11. The number of aromatic nitrogens is 1. The standard InChI is InChI=1S/C49H52N4O5/c1-2-3-4-5-6-7-8-9-10-11-12-13-14-16-19-35-24-28-44-41(31-35)42-33-37(30-38(34-50)48(55)56)25-29-45(42)52(44)39-26-22-36(23-27-39)32-43-46(49(57)58)51-53(47(43)54)40-20-17-15-18-21-40/h15,17-18,20-33H,2-14,16,19H2,1H3,(H,55,56)(H,57,58). The maximum atomic E-state index is 13.4. The Morgan fingerprint density at radius 3 is 1.84 bits per heavy atom. The number of carboxylic acid groups (broad SMARTS) is 2. The number of fused-ring (bicyclic) bond motifs is 3. The summed E-state index contributed by atoms with van der Waals surface area (Å²) in [6.07, 6.45) is 22.3. The molecule has 1 aromatic heterocycles. The third-order valence-electron chi connectivity index (χ3n) is 10.9. The van der Waals surface area contributed by atoms with Gasteiger partial charge in [0.25, 0.3) is 5.91 Å². The molecule has 0 aliphatic carbocycles. The van der Waals surface area contributed by atoms with Crippen molar-refractivity contribution >= 4 is 63.2 Å². The highest BCUT2D eigenvalue weighted by atomic mass is 16.4. The van der Waals surface area contributed by atoms with Crippen molar-refractivity contribution in [3.8, 4) is 11.8 Å². The van der Waals surface area contributed by atoms with Gasteiger partial charge in [-0.1, -0.05) is 133 Å². The van der Waals surface area contributed by atoms with E-state index < -0.39 is 17.8 Å². The number of carbonyl (C=O) groups is 3. The van der Waals surface area contributed by atoms with Gasteiger partial charge in [0.2, 0.25) is 0 Å². The molecule has 0 atom stereocenters. The molecule has 0 saturated carbocycles. The summed E-state index contributed by atoms with van der Waals surface area (Å²) in [5.41, 5.74) is 5.02. The molecule has 5 aromatic rings. The van der Waals surface area contributed by atoms with Gasteiger partial charge in [0.15, 0.2) is 5.71 Å². The Kier molecular flexibility index (Phi) is 14.4. The summed E-state index contributed by atoms with van der Waals surface area (Å²) in [6, 6.07) is 30.2. The van der Waals surface area contributed by atoms with Crippen molar-refractivity contribution in [2.75, 3.05) is 5.01 Å². The van der Waals surface area contributed by atoms with E-state index in [1.165, 1.54) is 95.1 Å². The van der Waals surface area contributed by atoms with Crippen molar-refractivity contribution in [2.24, 2.45) is 5.10 Å². The van der Waals surface area contributed by atoms with Crippen molar-refractivity contribution in [3.05, 3.63) is 119 Å². The molecular weight excluding hydrogens is 725 g/mol. The molecule has 0 saturated heterocycles. The van der Waals surface area contributed by atoms with Crippen LogP contribution in [0.15, 0.2) is 107 Å². The van der Waals surface area contributed by atoms with Gasteiger partial charge < -0.3 is 14.8 Å². The predicted molar refractivity (Wildman–Crippen MR) is 233 cm³/mol. The number of carbonyl (C=O) groups excluding carboxylic acids is 1. The van der Waals surface area contributed by atoms with E-state index in [4.69, 9.17) is 0 Å². The fourth-order valence-electron chi connectivity index (χ4n) is 7.78. The fraction of sp³-hybridized carbons (Fsp3) is 0.327. The zero-order chi connectivity index (χ0) is 40.9. The summed E-state index contributed by atoms with van der Waals surface area (Å²) < 4.78 is 2.13. The molecule has 58 heavy (non-hydrogen) atoms. The van der Waals surface area contributed by atoms with E-state index in [1.807, 2.05) is 48.5 Å². The van der Waals surface area contributed by atoms with E-state index in [9.17, 15) is 29.9 Å². The van der Waals surface area contributed by atoms with Gasteiger partial charge in [-0.2, -0.15) is 15.4 Å². The molecule has 2 heterocycles. The molecule has 0 radical (unpaired) electrons. The van der Waals surface area contributed by atoms with Gasteiger partial charge in [0.05, 0.1) is 22.3 Å². The summed E-state index contributed by atoms with van der Waals surface area (Å²) in [5, 5.41) is 36.0. The van der Waals surface area contributed by atoms with Crippen LogP contribution in [0.25, 0.3) is 39.6 Å². The monoisotopic (exact) mass is 776 g/mol. The van der Waals surface area contributed by atoms with Crippen molar-refractivity contribution in [3.63, 3.8) is 0 Å². The number of carboxylic acids is 2. The quantitative estimate of drug-likeness (QED) is 0.0432. The van der Waals surface area contributed by atoms with Crippen molar-refractivity contribution < 1.29 is 24.6 Å². The fourth-order valence-corrected chi connectivity index (χ4v) is 7.78. The van der Waals surface area contributed by atoms with Gasteiger partial charge in [-0.3, -0.25) is 4.79 Å². The van der Waals surface area contributed by atoms with E-state index in [0.29, 0.717) is 16.8 Å². The molecule has 298 valence electrons. The second kappa shape index (κ2) is 20.2. The van der Waals surface area contributed by atoms with Gasteiger partial charge in [-0.25, -0.2) is 9.59 Å². The summed E-state index contributed by atoms with van der Waals surface area (Å²) in [5.74, 6) is -3.08. The number of rotatable bonds is 21. The number of amides is 1. The Morgan fingerprint density at radius 1 is 0.690 bits per heavy atom. The van der Waals surface area contributed by atoms with Gasteiger partial charge in [-0.05, 0) is 90.2 Å². The highest BCUT2D eigenvalue weighted by Gasteiger charge is 2.35. The summed E-state index contributed by atoms with van der Waals surface area (Å²) in [6.45, 7) is 2.26. The Morgan fingerprint density at radius 2 is 1.26 bits per heavy atom. The molecule has 6 rings (SSSR count). The highest BCUT2D eigenvalue weighted by Crippen LogP contribution is 2.35. The van der Waals surface area contributed by atoms with Crippen LogP contribution in [-0.2, 0) is 20.8 Å². The van der Waals surface area contributed by atoms with Crippen LogP contribution >= 0.6 is 0 Å². The van der Waals surface area contributed by atoms with Crippen molar-refractivity contribution in [1.29, 1.82) is 5.26 Å². The Labute approximate surface area is 340 Å². The van der Waals surface area contributed by atoms with Crippen LogP contribution in [0.3, 0.4) is 0 Å². The normalized spacial score (nSPS) is 13.8. The molecule has 4 aromatic carbocycles. The first-order chi connectivity index (χ1) is 28.3. The molecule has 0 fully saturated rings. The molecule has 1 aliphatic rings. The Balaban J connectivity index is 1.19. The number of anilines is 1. The van der Waals surface area contributed by atoms with Crippen molar-refractivity contribution in [1.82, 2.24) is 4.57 Å². The second-order valence-corrected chi connectivity index (χ2v) is 15.1. The molecule has 9 heteroatoms. The molecular formula is C49H52N4O5. The average Bonchev–Trinajstić information content (AvgIpc) is 3.74. The number of aryl methyl sites for hydroxylation is 1. The van der Waals surface area contributed by atoms with E-state index in [0.717, 1.165) is 45.3 Å². The molecule has 2 N–H and O–H groups in total. The number of hydrazone groups is 1. The largest absolute Gasteiger partial charge is 0.477 e. The highest BCUT2D eigenvalue weighted by molar-refractivity contribution is 6.53. The molecule has 0 unspecified atom stereocenters. The number of hydrogen-bond acceptors (Lipinski definition) is 5. The minimum Gasteiger partial charge on any atom is -0.477 e. The van der Waals surface area contributed by atoms with Gasteiger partial charge in [0, 0.05) is 16.5 Å². The minimum absolute atomic E-state index is 0.00835. The number of benzene rings is 4. The van der Waals surface area contributed by atoms with Gasteiger partial charge >= 0.3 is 11.9 Å². The van der Waals surface area contributed by atoms with Crippen LogP contribution in [0.2, 0.25) is 0 Å². The van der Waals surface area contributed by atoms with Crippen LogP contribution in [0.4, 0.5) is 5.69 Å². The summed E-state index contributed by atoms with van der Waals surface area (Å²) >= 11 is 0. The molecule has 9 nitrogen and oxygen atoms in total. The minimum atomic E-state index is -1.29. The predicted octanol–water partition coefficient (Wildman–Crippen LogP) is 11.7. The third kappa shape index (κ3) is 10.2. The lowest BCUT2D eigenvalue weighted by atomic mass is 10.0. The maximum absolute atomic E-state index is 13.4. The molecule has 1 aliphatic heterocycles. The SMILES string of the molecule is CCCCCCCCCCCCCCCCc1ccc2c(c1)c1cc(C=C(C#N)C(=O)O)ccc1n2-c1ccc(C=C2C(=O)N(c3ccccc3)N=C2C(=O)O)cc1. The summed E-state index contributed by atoms with van der Waals surface area (Å²) in [7, 11) is 0. The lowest BCUT2D eigenvalue weighted by Crippen LogP contribution is -2.22. The zero-order valence-corrected chi connectivity index (χ0v) is 33.3. The third-order valence-corrected chi connectivity index (χ3v) is 10.9. The van der Waals surface area contributed by atoms with E-state index in [-0.39, 0.29) is 16.9 Å². The van der Waals surface area contributed by atoms with Gasteiger partial charge in [0.1, 0.15) is 11.6 Å². The van der Waals surface area contributed by atoms with Crippen LogP contribution in [0.5, 0.6) is 0 Å². The summed E-state index contributed by atoms with van der Waals surface area (Å²) in [4.78, 5) is 37.1. The van der Waals surface area contributed by atoms with Crippen LogP contribution in [0.1, 0.15) is 114 Å².